The molecule has 1 fully saturated rings. The fraction of sp³-hybridized carbons (Fsp3) is 0.500. The second kappa shape index (κ2) is 7.41. The van der Waals surface area contributed by atoms with E-state index in [4.69, 9.17) is 4.74 Å². The zero-order valence-corrected chi connectivity index (χ0v) is 13.3. The fourth-order valence-corrected chi connectivity index (χ4v) is 3.01. The molecule has 1 aromatic rings. The van der Waals surface area contributed by atoms with Crippen molar-refractivity contribution in [3.63, 3.8) is 0 Å². The maximum absolute atomic E-state index is 12.7. The summed E-state index contributed by atoms with van der Waals surface area (Å²) in [7, 11) is 1.65. The van der Waals surface area contributed by atoms with Gasteiger partial charge in [0, 0.05) is 11.1 Å². The molecule has 21 heavy (non-hydrogen) atoms. The molecule has 3 nitrogen and oxygen atoms in total. The summed E-state index contributed by atoms with van der Waals surface area (Å²) in [5, 5.41) is 0. The number of carbonyl (C=O) groups excluding carboxylic acids is 1. The summed E-state index contributed by atoms with van der Waals surface area (Å²) in [4.78, 5) is 15.0. The lowest BCUT2D eigenvalue weighted by molar-refractivity contribution is -0.115. The Labute approximate surface area is 127 Å². The van der Waals surface area contributed by atoms with Crippen LogP contribution in [0.25, 0.3) is 5.57 Å². The molecule has 0 aromatic heterocycles. The lowest BCUT2D eigenvalue weighted by atomic mass is 9.95. The van der Waals surface area contributed by atoms with Gasteiger partial charge in [-0.25, -0.2) is 0 Å². The van der Waals surface area contributed by atoms with Crippen LogP contribution >= 0.6 is 0 Å². The van der Waals surface area contributed by atoms with Crippen molar-refractivity contribution in [2.75, 3.05) is 26.7 Å². The Bertz CT molecular complexity index is 528. The van der Waals surface area contributed by atoms with E-state index in [1.54, 1.807) is 7.11 Å². The average molecular weight is 287 g/mol. The third kappa shape index (κ3) is 3.73. The van der Waals surface area contributed by atoms with Gasteiger partial charge >= 0.3 is 0 Å². The molecule has 1 aromatic carbocycles. The summed E-state index contributed by atoms with van der Waals surface area (Å²) in [5.74, 6) is 0.960. The summed E-state index contributed by atoms with van der Waals surface area (Å²) in [6, 6.07) is 5.90. The van der Waals surface area contributed by atoms with Crippen molar-refractivity contribution >= 4 is 11.4 Å². The molecule has 0 bridgehead atoms. The van der Waals surface area contributed by atoms with Gasteiger partial charge in [-0.1, -0.05) is 24.6 Å². The summed E-state index contributed by atoms with van der Waals surface area (Å²) in [5.41, 5.74) is 2.79. The standard InChI is InChI=1S/C18H25NO2/c1-4-15(16(20)13-19-11-6-5-7-12-19)18-14(2)9-8-10-17(18)21-3/h4,8-10H,5-7,11-13H2,1-3H3/b15-4-. The van der Waals surface area contributed by atoms with E-state index in [1.807, 2.05) is 38.1 Å². The van der Waals surface area contributed by atoms with Gasteiger partial charge in [0.05, 0.1) is 13.7 Å². The summed E-state index contributed by atoms with van der Waals surface area (Å²) in [6.45, 7) is 6.53. The van der Waals surface area contributed by atoms with Crippen LogP contribution in [0.3, 0.4) is 0 Å². The van der Waals surface area contributed by atoms with E-state index < -0.39 is 0 Å². The number of allylic oxidation sites excluding steroid dienone is 1. The summed E-state index contributed by atoms with van der Waals surface area (Å²) < 4.78 is 5.44. The molecular formula is C18H25NO2. The van der Waals surface area contributed by atoms with Crippen LogP contribution in [0.2, 0.25) is 0 Å². The quantitative estimate of drug-likeness (QED) is 0.777. The number of aryl methyl sites for hydroxylation is 1. The first kappa shape index (κ1) is 15.8. The Balaban J connectivity index is 2.21. The normalized spacial score (nSPS) is 16.8. The second-order valence-electron chi connectivity index (χ2n) is 5.61. The number of hydrogen-bond acceptors (Lipinski definition) is 3. The van der Waals surface area contributed by atoms with Crippen molar-refractivity contribution in [2.45, 2.75) is 33.1 Å². The minimum absolute atomic E-state index is 0.187. The van der Waals surface area contributed by atoms with Crippen molar-refractivity contribution in [3.05, 3.63) is 35.4 Å². The van der Waals surface area contributed by atoms with Gasteiger partial charge in [0.15, 0.2) is 5.78 Å². The third-order valence-electron chi connectivity index (χ3n) is 4.13. The Morgan fingerprint density at radius 1 is 1.29 bits per heavy atom. The number of piperidine rings is 1. The molecule has 0 radical (unpaired) electrons. The second-order valence-corrected chi connectivity index (χ2v) is 5.61. The molecule has 114 valence electrons. The van der Waals surface area contributed by atoms with Crippen LogP contribution in [-0.4, -0.2) is 37.4 Å². The van der Waals surface area contributed by atoms with Gasteiger partial charge in [-0.15, -0.1) is 0 Å². The first-order valence-corrected chi connectivity index (χ1v) is 7.73. The highest BCUT2D eigenvalue weighted by atomic mass is 16.5. The molecule has 0 atom stereocenters. The van der Waals surface area contributed by atoms with Crippen molar-refractivity contribution in [1.29, 1.82) is 0 Å². The highest BCUT2D eigenvalue weighted by molar-refractivity contribution is 6.22. The Hall–Kier alpha value is -1.61. The molecular weight excluding hydrogens is 262 g/mol. The SMILES string of the molecule is C/C=C(/C(=O)CN1CCCCC1)c1c(C)cccc1OC. The molecule has 0 aliphatic carbocycles. The lowest BCUT2D eigenvalue weighted by Gasteiger charge is -2.26. The number of nitrogens with zero attached hydrogens (tertiary/aromatic N) is 1. The highest BCUT2D eigenvalue weighted by Gasteiger charge is 2.20. The van der Waals surface area contributed by atoms with Crippen molar-refractivity contribution in [1.82, 2.24) is 4.90 Å². The topological polar surface area (TPSA) is 29.5 Å². The summed E-state index contributed by atoms with van der Waals surface area (Å²) in [6.07, 6.45) is 5.60. The van der Waals surface area contributed by atoms with E-state index in [0.29, 0.717) is 6.54 Å². The fourth-order valence-electron chi connectivity index (χ4n) is 3.01. The molecule has 1 aliphatic rings. The van der Waals surface area contributed by atoms with E-state index in [9.17, 15) is 4.79 Å². The van der Waals surface area contributed by atoms with Crippen LogP contribution in [0, 0.1) is 6.92 Å². The Morgan fingerprint density at radius 2 is 2.00 bits per heavy atom. The third-order valence-corrected chi connectivity index (χ3v) is 4.13. The maximum atomic E-state index is 12.7. The van der Waals surface area contributed by atoms with Crippen LogP contribution < -0.4 is 4.74 Å². The Kier molecular flexibility index (Phi) is 5.57. The van der Waals surface area contributed by atoms with Gasteiger partial charge in [0.1, 0.15) is 5.75 Å². The lowest BCUT2D eigenvalue weighted by Crippen LogP contribution is -2.34. The largest absolute Gasteiger partial charge is 0.496 e. The van der Waals surface area contributed by atoms with E-state index in [1.165, 1.54) is 19.3 Å². The van der Waals surface area contributed by atoms with Crippen molar-refractivity contribution < 1.29 is 9.53 Å². The zero-order valence-electron chi connectivity index (χ0n) is 13.3. The number of benzene rings is 1. The van der Waals surface area contributed by atoms with Crippen LogP contribution in [0.4, 0.5) is 0 Å². The Morgan fingerprint density at radius 3 is 2.62 bits per heavy atom. The first-order chi connectivity index (χ1) is 10.2. The van der Waals surface area contributed by atoms with Crippen molar-refractivity contribution in [3.8, 4) is 5.75 Å². The number of Topliss-reactive ketones (excluding diaryl/α,β-unsaturated/α-hetero) is 1. The van der Waals surface area contributed by atoms with Crippen molar-refractivity contribution in [2.24, 2.45) is 0 Å². The monoisotopic (exact) mass is 287 g/mol. The molecule has 2 rings (SSSR count). The van der Waals surface area contributed by atoms with E-state index in [-0.39, 0.29) is 5.78 Å². The molecule has 0 unspecified atom stereocenters. The van der Waals surface area contributed by atoms with Gasteiger partial charge in [0.25, 0.3) is 0 Å². The molecule has 0 saturated carbocycles. The molecule has 1 heterocycles. The van der Waals surface area contributed by atoms with Gasteiger partial charge in [-0.2, -0.15) is 0 Å². The van der Waals surface area contributed by atoms with Gasteiger partial charge in [-0.05, 0) is 51.4 Å². The van der Waals surface area contributed by atoms with Gasteiger partial charge < -0.3 is 4.74 Å². The van der Waals surface area contributed by atoms with Crippen LogP contribution in [0.1, 0.15) is 37.3 Å². The van der Waals surface area contributed by atoms with E-state index >= 15 is 0 Å². The molecule has 3 heteroatoms. The minimum Gasteiger partial charge on any atom is -0.496 e. The van der Waals surface area contributed by atoms with Crippen LogP contribution in [0.15, 0.2) is 24.3 Å². The van der Waals surface area contributed by atoms with Crippen LogP contribution in [-0.2, 0) is 4.79 Å². The first-order valence-electron chi connectivity index (χ1n) is 7.73. The number of ether oxygens (including phenoxy) is 1. The average Bonchev–Trinajstić information content (AvgIpc) is 2.50. The smallest absolute Gasteiger partial charge is 0.177 e. The zero-order chi connectivity index (χ0) is 15.2. The minimum atomic E-state index is 0.187. The predicted molar refractivity (Wildman–Crippen MR) is 86.7 cm³/mol. The molecule has 0 spiro atoms. The van der Waals surface area contributed by atoms with Gasteiger partial charge in [0.2, 0.25) is 0 Å². The van der Waals surface area contributed by atoms with Gasteiger partial charge in [-0.3, -0.25) is 9.69 Å². The predicted octanol–water partition coefficient (Wildman–Crippen LogP) is 3.46. The number of methoxy groups -OCH3 is 1. The van der Waals surface area contributed by atoms with E-state index in [0.717, 1.165) is 35.5 Å². The highest BCUT2D eigenvalue weighted by Crippen LogP contribution is 2.30. The number of hydrogen-bond donors (Lipinski definition) is 0. The molecule has 1 aliphatic heterocycles. The molecule has 0 N–H and O–H groups in total. The number of ketones is 1. The molecule has 1 saturated heterocycles. The molecule has 0 amide bonds. The maximum Gasteiger partial charge on any atom is 0.177 e. The van der Waals surface area contributed by atoms with Crippen LogP contribution in [0.5, 0.6) is 5.75 Å². The van der Waals surface area contributed by atoms with E-state index in [2.05, 4.69) is 4.90 Å². The summed E-state index contributed by atoms with van der Waals surface area (Å²) >= 11 is 0. The number of rotatable bonds is 5. The number of likely N-dealkylation sites (tertiary alicyclic amines) is 1. The number of carbonyl (C=O) groups is 1.